The van der Waals surface area contributed by atoms with E-state index in [0.29, 0.717) is 6.04 Å². The number of carbonyl (C=O) groups is 3. The van der Waals surface area contributed by atoms with E-state index >= 15 is 0 Å². The summed E-state index contributed by atoms with van der Waals surface area (Å²) in [4.78, 5) is 45.6. The minimum Gasteiger partial charge on any atom is -0.479 e. The Hall–Kier alpha value is -3.59. The lowest BCUT2D eigenvalue weighted by atomic mass is 9.78. The van der Waals surface area contributed by atoms with E-state index in [9.17, 15) is 19.5 Å². The summed E-state index contributed by atoms with van der Waals surface area (Å²) in [5, 5.41) is 10.7. The molecule has 0 radical (unpaired) electrons. The van der Waals surface area contributed by atoms with E-state index in [0.717, 1.165) is 48.2 Å². The minimum atomic E-state index is -1.46. The number of aliphatic carboxylic acids is 1. The van der Waals surface area contributed by atoms with Crippen molar-refractivity contribution in [1.82, 2.24) is 14.7 Å². The van der Waals surface area contributed by atoms with E-state index < -0.39 is 29.3 Å². The summed E-state index contributed by atoms with van der Waals surface area (Å²) in [5.74, 6) is -1.17. The fourth-order valence-corrected chi connectivity index (χ4v) is 7.46. The Morgan fingerprint density at radius 1 is 0.907 bits per heavy atom. The summed E-state index contributed by atoms with van der Waals surface area (Å²) < 4.78 is 11.6. The van der Waals surface area contributed by atoms with Crippen LogP contribution in [-0.4, -0.2) is 94.0 Å². The molecule has 0 atom stereocenters. The number of carboxylic acids is 1. The molecule has 0 aromatic heterocycles. The maximum atomic E-state index is 14.1. The van der Waals surface area contributed by atoms with Crippen LogP contribution in [0.3, 0.4) is 0 Å². The van der Waals surface area contributed by atoms with Crippen LogP contribution in [0.2, 0.25) is 0 Å². The van der Waals surface area contributed by atoms with Crippen LogP contribution in [0.1, 0.15) is 76.3 Å². The van der Waals surface area contributed by atoms with E-state index in [2.05, 4.69) is 29.2 Å². The lowest BCUT2D eigenvalue weighted by Crippen LogP contribution is -2.68. The number of amides is 2. The van der Waals surface area contributed by atoms with Crippen LogP contribution in [0.25, 0.3) is 11.1 Å². The number of carboxylic acid groups (broad SMARTS) is 1. The van der Waals surface area contributed by atoms with Gasteiger partial charge in [0.05, 0.1) is 0 Å². The summed E-state index contributed by atoms with van der Waals surface area (Å²) in [6, 6.07) is 16.5. The fourth-order valence-electron chi connectivity index (χ4n) is 7.46. The zero-order valence-corrected chi connectivity index (χ0v) is 25.5. The summed E-state index contributed by atoms with van der Waals surface area (Å²) in [6.07, 6.45) is 3.02. The van der Waals surface area contributed by atoms with Crippen LogP contribution >= 0.6 is 0 Å². The third kappa shape index (κ3) is 5.59. The van der Waals surface area contributed by atoms with Crippen molar-refractivity contribution in [2.75, 3.05) is 32.8 Å². The van der Waals surface area contributed by atoms with Crippen molar-refractivity contribution in [2.24, 2.45) is 0 Å². The van der Waals surface area contributed by atoms with E-state index in [-0.39, 0.29) is 44.5 Å². The predicted molar refractivity (Wildman–Crippen MR) is 162 cm³/mol. The van der Waals surface area contributed by atoms with Crippen molar-refractivity contribution in [3.63, 3.8) is 0 Å². The molecule has 2 aliphatic heterocycles. The van der Waals surface area contributed by atoms with Gasteiger partial charge < -0.3 is 24.4 Å². The fraction of sp³-hybridized carbons (Fsp3) is 0.559. The molecule has 0 unspecified atom stereocenters. The molecular formula is C34H43N3O6. The van der Waals surface area contributed by atoms with Crippen LogP contribution < -0.4 is 0 Å². The zero-order valence-electron chi connectivity index (χ0n) is 25.5. The molecule has 2 amide bonds. The first-order valence-electron chi connectivity index (χ1n) is 15.7. The van der Waals surface area contributed by atoms with Gasteiger partial charge >= 0.3 is 18.2 Å². The number of benzene rings is 2. The molecular weight excluding hydrogens is 546 g/mol. The molecule has 9 nitrogen and oxygen atoms in total. The Balaban J connectivity index is 1.23. The zero-order chi connectivity index (χ0) is 30.4. The molecule has 9 heteroatoms. The SMILES string of the molecule is CC(C)(C)OC(=O)N1CCC(C(=O)O)(N(C(=O)OCC2c3ccccc3-c3ccccc32)C2CC(N3CCCC3)C2)CC1. The quantitative estimate of drug-likeness (QED) is 0.460. The van der Waals surface area contributed by atoms with E-state index in [1.54, 1.807) is 9.80 Å². The first-order valence-corrected chi connectivity index (χ1v) is 15.7. The third-order valence-corrected chi connectivity index (χ3v) is 9.74. The lowest BCUT2D eigenvalue weighted by Gasteiger charge is -2.53. The highest BCUT2D eigenvalue weighted by Gasteiger charge is 2.55. The van der Waals surface area contributed by atoms with Gasteiger partial charge in [-0.2, -0.15) is 0 Å². The number of ether oxygens (including phenoxy) is 2. The summed E-state index contributed by atoms with van der Waals surface area (Å²) in [7, 11) is 0. The van der Waals surface area contributed by atoms with Crippen molar-refractivity contribution < 1.29 is 29.0 Å². The number of nitrogens with zero attached hydrogens (tertiary/aromatic N) is 3. The monoisotopic (exact) mass is 589 g/mol. The Morgan fingerprint density at radius 2 is 1.47 bits per heavy atom. The molecule has 2 aromatic carbocycles. The number of rotatable bonds is 6. The highest BCUT2D eigenvalue weighted by molar-refractivity contribution is 5.86. The van der Waals surface area contributed by atoms with Crippen molar-refractivity contribution in [3.8, 4) is 11.1 Å². The standard InChI is InChI=1S/C34H43N3O6/c1-33(2,3)43-31(40)36-18-14-34(15-19-36,30(38)39)37(24-20-23(21-24)35-16-8-9-17-35)32(41)42-22-29-27-12-6-4-10-25(27)26-11-5-7-13-28(26)29/h4-7,10-13,23-24,29H,8-9,14-22H2,1-3H3,(H,38,39). The molecule has 43 heavy (non-hydrogen) atoms. The number of hydrogen-bond acceptors (Lipinski definition) is 6. The van der Waals surface area contributed by atoms with E-state index in [1.807, 2.05) is 45.0 Å². The molecule has 2 saturated heterocycles. The largest absolute Gasteiger partial charge is 0.479 e. The van der Waals surface area contributed by atoms with Crippen LogP contribution in [0.4, 0.5) is 9.59 Å². The first-order chi connectivity index (χ1) is 20.6. The molecule has 1 N–H and O–H groups in total. The number of carbonyl (C=O) groups excluding carboxylic acids is 2. The summed E-state index contributed by atoms with van der Waals surface area (Å²) in [5.41, 5.74) is 2.39. The van der Waals surface area contributed by atoms with Gasteiger partial charge in [0.1, 0.15) is 17.7 Å². The molecule has 0 bridgehead atoms. The maximum absolute atomic E-state index is 14.1. The van der Waals surface area contributed by atoms with Crippen molar-refractivity contribution in [2.45, 2.75) is 88.4 Å². The second-order valence-corrected chi connectivity index (χ2v) is 13.5. The maximum Gasteiger partial charge on any atom is 0.411 e. The van der Waals surface area contributed by atoms with Crippen LogP contribution in [0.15, 0.2) is 48.5 Å². The molecule has 6 rings (SSSR count). The van der Waals surface area contributed by atoms with Crippen molar-refractivity contribution in [3.05, 3.63) is 59.7 Å². The average molecular weight is 590 g/mol. The molecule has 1 saturated carbocycles. The highest BCUT2D eigenvalue weighted by Crippen LogP contribution is 2.45. The number of piperidine rings is 1. The minimum absolute atomic E-state index is 0.119. The van der Waals surface area contributed by atoms with Gasteiger partial charge in [0.15, 0.2) is 0 Å². The van der Waals surface area contributed by atoms with Gasteiger partial charge in [-0.05, 0) is 94.6 Å². The average Bonchev–Trinajstić information content (AvgIpc) is 3.59. The Morgan fingerprint density at radius 3 is 2.00 bits per heavy atom. The molecule has 4 aliphatic rings. The molecule has 2 aromatic rings. The third-order valence-electron chi connectivity index (χ3n) is 9.74. The van der Waals surface area contributed by atoms with Crippen LogP contribution in [0, 0.1) is 0 Å². The Bertz CT molecular complexity index is 1320. The first kappa shape index (κ1) is 29.5. The van der Waals surface area contributed by atoms with Gasteiger partial charge in [0, 0.05) is 31.1 Å². The second kappa shape index (κ2) is 11.5. The van der Waals surface area contributed by atoms with Crippen LogP contribution in [-0.2, 0) is 14.3 Å². The van der Waals surface area contributed by atoms with E-state index in [1.165, 1.54) is 12.8 Å². The number of fused-ring (bicyclic) bond motifs is 3. The molecule has 2 heterocycles. The number of hydrogen-bond donors (Lipinski definition) is 1. The Kier molecular flexibility index (Phi) is 7.87. The van der Waals surface area contributed by atoms with Gasteiger partial charge in [-0.15, -0.1) is 0 Å². The van der Waals surface area contributed by atoms with E-state index in [4.69, 9.17) is 9.47 Å². The highest BCUT2D eigenvalue weighted by atomic mass is 16.6. The summed E-state index contributed by atoms with van der Waals surface area (Å²) >= 11 is 0. The van der Waals surface area contributed by atoms with Crippen molar-refractivity contribution in [1.29, 1.82) is 0 Å². The molecule has 3 fully saturated rings. The lowest BCUT2D eigenvalue weighted by molar-refractivity contribution is -0.158. The van der Waals surface area contributed by atoms with Gasteiger partial charge in [0.25, 0.3) is 0 Å². The van der Waals surface area contributed by atoms with Gasteiger partial charge in [-0.1, -0.05) is 48.5 Å². The summed E-state index contributed by atoms with van der Waals surface area (Å²) in [6.45, 7) is 8.04. The molecule has 230 valence electrons. The van der Waals surface area contributed by atoms with Crippen LogP contribution in [0.5, 0.6) is 0 Å². The topological polar surface area (TPSA) is 99.6 Å². The molecule has 0 spiro atoms. The second-order valence-electron chi connectivity index (χ2n) is 13.5. The Labute approximate surface area is 253 Å². The smallest absolute Gasteiger partial charge is 0.411 e. The normalized spacial score (nSPS) is 23.2. The van der Waals surface area contributed by atoms with Gasteiger partial charge in [0.2, 0.25) is 0 Å². The van der Waals surface area contributed by atoms with Crippen molar-refractivity contribution >= 4 is 18.2 Å². The van der Waals surface area contributed by atoms with Gasteiger partial charge in [-0.25, -0.2) is 14.4 Å². The molecule has 2 aliphatic carbocycles. The predicted octanol–water partition coefficient (Wildman–Crippen LogP) is 5.72. The van der Waals surface area contributed by atoms with Gasteiger partial charge in [-0.3, -0.25) is 4.90 Å². The number of likely N-dealkylation sites (tertiary alicyclic amines) is 2.